The van der Waals surface area contributed by atoms with Crippen LogP contribution in [0.15, 0.2) is 18.2 Å². The number of anilines is 1. The molecule has 2 amide bonds. The van der Waals surface area contributed by atoms with Gasteiger partial charge in [0, 0.05) is 26.3 Å². The van der Waals surface area contributed by atoms with Gasteiger partial charge in [-0.05, 0) is 31.0 Å². The zero-order chi connectivity index (χ0) is 16.3. The van der Waals surface area contributed by atoms with E-state index in [1.165, 1.54) is 4.90 Å². The van der Waals surface area contributed by atoms with Crippen LogP contribution < -0.4 is 11.1 Å². The molecule has 0 heterocycles. The summed E-state index contributed by atoms with van der Waals surface area (Å²) >= 11 is 6.07. The van der Waals surface area contributed by atoms with Gasteiger partial charge in [0.05, 0.1) is 16.0 Å². The average molecular weight is 324 g/mol. The highest BCUT2D eigenvalue weighted by molar-refractivity contribution is 6.34. The third-order valence-electron chi connectivity index (χ3n) is 4.29. The van der Waals surface area contributed by atoms with Crippen molar-refractivity contribution in [2.24, 2.45) is 11.1 Å². The summed E-state index contributed by atoms with van der Waals surface area (Å²) < 4.78 is 0. The van der Waals surface area contributed by atoms with Crippen LogP contribution in [0.4, 0.5) is 5.69 Å². The molecule has 120 valence electrons. The Morgan fingerprint density at radius 2 is 1.95 bits per heavy atom. The molecule has 1 aromatic rings. The van der Waals surface area contributed by atoms with Gasteiger partial charge in [-0.15, -0.1) is 0 Å². The lowest BCUT2D eigenvalue weighted by Gasteiger charge is -2.26. The molecule has 0 unspecified atom stereocenters. The van der Waals surface area contributed by atoms with Crippen molar-refractivity contribution in [3.05, 3.63) is 28.8 Å². The minimum Gasteiger partial charge on any atom is -0.345 e. The van der Waals surface area contributed by atoms with E-state index in [0.29, 0.717) is 22.8 Å². The molecule has 22 heavy (non-hydrogen) atoms. The van der Waals surface area contributed by atoms with E-state index in [1.807, 2.05) is 0 Å². The van der Waals surface area contributed by atoms with E-state index in [2.05, 4.69) is 5.32 Å². The minimum absolute atomic E-state index is 0.0712. The normalized spacial score (nSPS) is 16.4. The Hall–Kier alpha value is -1.59. The lowest BCUT2D eigenvalue weighted by atomic mass is 9.85. The Balaban J connectivity index is 2.21. The van der Waals surface area contributed by atoms with Gasteiger partial charge < -0.3 is 16.0 Å². The van der Waals surface area contributed by atoms with Gasteiger partial charge in [-0.1, -0.05) is 24.4 Å². The minimum atomic E-state index is -0.481. The van der Waals surface area contributed by atoms with Gasteiger partial charge in [-0.2, -0.15) is 0 Å². The van der Waals surface area contributed by atoms with E-state index in [0.717, 1.165) is 25.7 Å². The van der Waals surface area contributed by atoms with E-state index < -0.39 is 5.41 Å². The van der Waals surface area contributed by atoms with Crippen molar-refractivity contribution in [2.75, 3.05) is 26.0 Å². The number of halogens is 1. The molecular weight excluding hydrogens is 302 g/mol. The van der Waals surface area contributed by atoms with E-state index in [1.54, 1.807) is 32.3 Å². The van der Waals surface area contributed by atoms with Crippen molar-refractivity contribution in [3.63, 3.8) is 0 Å². The lowest BCUT2D eigenvalue weighted by Crippen LogP contribution is -2.40. The highest BCUT2D eigenvalue weighted by Gasteiger charge is 2.39. The molecule has 0 radical (unpaired) electrons. The number of nitrogens with zero attached hydrogens (tertiary/aromatic N) is 1. The lowest BCUT2D eigenvalue weighted by molar-refractivity contribution is -0.124. The fraction of sp³-hybridized carbons (Fsp3) is 0.500. The summed E-state index contributed by atoms with van der Waals surface area (Å²) in [5, 5.41) is 3.26. The van der Waals surface area contributed by atoms with Crippen LogP contribution in [0.2, 0.25) is 5.02 Å². The second kappa shape index (κ2) is 6.67. The highest BCUT2D eigenvalue weighted by Crippen LogP contribution is 2.38. The van der Waals surface area contributed by atoms with Crippen LogP contribution >= 0.6 is 11.6 Å². The van der Waals surface area contributed by atoms with Gasteiger partial charge in [0.15, 0.2) is 0 Å². The maximum absolute atomic E-state index is 12.5. The third-order valence-corrected chi connectivity index (χ3v) is 4.62. The van der Waals surface area contributed by atoms with Gasteiger partial charge in [-0.25, -0.2) is 0 Å². The SMILES string of the molecule is CN(C)C(=O)c1cc(NC(=O)C2(CN)CCCC2)ccc1Cl. The van der Waals surface area contributed by atoms with E-state index in [-0.39, 0.29) is 11.8 Å². The second-order valence-corrected chi connectivity index (χ2v) is 6.45. The molecule has 1 aliphatic carbocycles. The first-order chi connectivity index (χ1) is 10.4. The fourth-order valence-electron chi connectivity index (χ4n) is 2.85. The molecule has 2 rings (SSSR count). The maximum atomic E-state index is 12.5. The topological polar surface area (TPSA) is 75.4 Å². The van der Waals surface area contributed by atoms with Crippen LogP contribution in [-0.4, -0.2) is 37.4 Å². The van der Waals surface area contributed by atoms with Gasteiger partial charge in [0.25, 0.3) is 5.91 Å². The first kappa shape index (κ1) is 16.8. The molecule has 1 aliphatic rings. The molecule has 0 atom stereocenters. The number of hydrogen-bond donors (Lipinski definition) is 2. The molecule has 0 aliphatic heterocycles. The third kappa shape index (κ3) is 3.25. The Bertz CT molecular complexity index is 581. The van der Waals surface area contributed by atoms with Gasteiger partial charge in [0.1, 0.15) is 0 Å². The number of nitrogens with one attached hydrogen (secondary N) is 1. The zero-order valence-corrected chi connectivity index (χ0v) is 13.7. The molecule has 0 bridgehead atoms. The van der Waals surface area contributed by atoms with E-state index in [9.17, 15) is 9.59 Å². The van der Waals surface area contributed by atoms with Crippen LogP contribution in [0, 0.1) is 5.41 Å². The zero-order valence-electron chi connectivity index (χ0n) is 13.0. The van der Waals surface area contributed by atoms with Crippen molar-refractivity contribution < 1.29 is 9.59 Å². The Kier molecular flexibility index (Phi) is 5.08. The number of benzene rings is 1. The summed E-state index contributed by atoms with van der Waals surface area (Å²) in [7, 11) is 3.32. The predicted octanol–water partition coefficient (Wildman–Crippen LogP) is 2.50. The van der Waals surface area contributed by atoms with Crippen LogP contribution in [0.5, 0.6) is 0 Å². The highest BCUT2D eigenvalue weighted by atomic mass is 35.5. The molecule has 1 aromatic carbocycles. The number of hydrogen-bond acceptors (Lipinski definition) is 3. The van der Waals surface area contributed by atoms with Crippen molar-refractivity contribution in [1.82, 2.24) is 4.90 Å². The van der Waals surface area contributed by atoms with Crippen molar-refractivity contribution in [2.45, 2.75) is 25.7 Å². The van der Waals surface area contributed by atoms with Crippen LogP contribution in [0.25, 0.3) is 0 Å². The largest absolute Gasteiger partial charge is 0.345 e. The molecule has 0 aromatic heterocycles. The van der Waals surface area contributed by atoms with E-state index in [4.69, 9.17) is 17.3 Å². The molecular formula is C16H22ClN3O2. The summed E-state index contributed by atoms with van der Waals surface area (Å²) in [6.45, 7) is 0.343. The van der Waals surface area contributed by atoms with Crippen LogP contribution in [-0.2, 0) is 4.79 Å². The smallest absolute Gasteiger partial charge is 0.254 e. The quantitative estimate of drug-likeness (QED) is 0.894. The standard InChI is InChI=1S/C16H22ClN3O2/c1-20(2)14(21)12-9-11(5-6-13(12)17)19-15(22)16(10-18)7-3-4-8-16/h5-6,9H,3-4,7-8,10,18H2,1-2H3,(H,19,22). The predicted molar refractivity (Wildman–Crippen MR) is 88.1 cm³/mol. The molecule has 3 N–H and O–H groups in total. The number of amides is 2. The Morgan fingerprint density at radius 3 is 2.50 bits per heavy atom. The van der Waals surface area contributed by atoms with Crippen molar-refractivity contribution in [3.8, 4) is 0 Å². The van der Waals surface area contributed by atoms with Crippen LogP contribution in [0.1, 0.15) is 36.0 Å². The van der Waals surface area contributed by atoms with Gasteiger partial charge >= 0.3 is 0 Å². The van der Waals surface area contributed by atoms with Gasteiger partial charge in [0.2, 0.25) is 5.91 Å². The van der Waals surface area contributed by atoms with Crippen molar-refractivity contribution >= 4 is 29.1 Å². The fourth-order valence-corrected chi connectivity index (χ4v) is 3.05. The summed E-state index contributed by atoms with van der Waals surface area (Å²) in [5.41, 5.74) is 6.28. The summed E-state index contributed by atoms with van der Waals surface area (Å²) in [5.74, 6) is -0.270. The first-order valence-corrected chi connectivity index (χ1v) is 7.80. The Labute approximate surface area is 135 Å². The summed E-state index contributed by atoms with van der Waals surface area (Å²) in [6.07, 6.45) is 3.67. The summed E-state index contributed by atoms with van der Waals surface area (Å²) in [4.78, 5) is 26.1. The maximum Gasteiger partial charge on any atom is 0.254 e. The number of carbonyl (C=O) groups excluding carboxylic acids is 2. The second-order valence-electron chi connectivity index (χ2n) is 6.04. The Morgan fingerprint density at radius 1 is 1.32 bits per heavy atom. The molecule has 0 spiro atoms. The number of rotatable bonds is 4. The van der Waals surface area contributed by atoms with Crippen molar-refractivity contribution in [1.29, 1.82) is 0 Å². The number of carbonyl (C=O) groups is 2. The molecule has 5 nitrogen and oxygen atoms in total. The summed E-state index contributed by atoms with van der Waals surface area (Å²) in [6, 6.07) is 4.94. The average Bonchev–Trinajstić information content (AvgIpc) is 2.98. The van der Waals surface area contributed by atoms with Crippen LogP contribution in [0.3, 0.4) is 0 Å². The van der Waals surface area contributed by atoms with E-state index >= 15 is 0 Å². The molecule has 0 saturated heterocycles. The first-order valence-electron chi connectivity index (χ1n) is 7.42. The monoisotopic (exact) mass is 323 g/mol. The van der Waals surface area contributed by atoms with Gasteiger partial charge in [-0.3, -0.25) is 9.59 Å². The molecule has 1 fully saturated rings. The molecule has 1 saturated carbocycles. The number of nitrogens with two attached hydrogens (primary N) is 1. The molecule has 6 heteroatoms.